The third-order valence-corrected chi connectivity index (χ3v) is 5.77. The van der Waals surface area contributed by atoms with Crippen molar-refractivity contribution in [1.82, 2.24) is 14.9 Å². The van der Waals surface area contributed by atoms with Crippen LogP contribution in [0.4, 0.5) is 0 Å². The molecule has 2 amide bonds. The van der Waals surface area contributed by atoms with Gasteiger partial charge in [-0.15, -0.1) is 0 Å². The van der Waals surface area contributed by atoms with Gasteiger partial charge in [-0.3, -0.25) is 9.59 Å². The van der Waals surface area contributed by atoms with Gasteiger partial charge in [-0.25, -0.2) is 8.42 Å². The summed E-state index contributed by atoms with van der Waals surface area (Å²) in [7, 11) is -3.65. The Bertz CT molecular complexity index is 738. The molecule has 1 aliphatic rings. The van der Waals surface area contributed by atoms with E-state index in [9.17, 15) is 18.0 Å². The molecule has 0 radical (unpaired) electrons. The lowest BCUT2D eigenvalue weighted by Gasteiger charge is -2.34. The highest BCUT2D eigenvalue weighted by atomic mass is 32.2. The number of likely N-dealkylation sites (N-methyl/N-ethyl adjacent to an activating group) is 1. The summed E-state index contributed by atoms with van der Waals surface area (Å²) < 4.78 is 32.5. The number of ether oxygens (including phenoxy) is 1. The van der Waals surface area contributed by atoms with Gasteiger partial charge < -0.3 is 15.4 Å². The van der Waals surface area contributed by atoms with E-state index in [1.54, 1.807) is 6.92 Å². The summed E-state index contributed by atoms with van der Waals surface area (Å²) >= 11 is 0. The van der Waals surface area contributed by atoms with E-state index < -0.39 is 15.9 Å². The number of sulfonamides is 1. The van der Waals surface area contributed by atoms with Crippen molar-refractivity contribution in [3.05, 3.63) is 29.8 Å². The second-order valence-electron chi connectivity index (χ2n) is 6.24. The first-order chi connectivity index (χ1) is 12.2. The Balaban J connectivity index is 2.06. The van der Waals surface area contributed by atoms with Crippen molar-refractivity contribution < 1.29 is 22.7 Å². The number of hydrogen-bond donors (Lipinski definition) is 2. The summed E-state index contributed by atoms with van der Waals surface area (Å²) in [5, 5.41) is 5.07. The predicted octanol–water partition coefficient (Wildman–Crippen LogP) is 0.350. The average Bonchev–Trinajstić information content (AvgIpc) is 2.59. The van der Waals surface area contributed by atoms with Gasteiger partial charge in [-0.1, -0.05) is 0 Å². The van der Waals surface area contributed by atoms with Crippen molar-refractivity contribution in [3.63, 3.8) is 0 Å². The molecule has 1 heterocycles. The molecule has 2 atom stereocenters. The SMILES string of the molecule is CCNC(=O)CNC(=O)c1ccc(S(=O)(=O)N2C[C@H](C)O[C@@H](C)C2)cc1. The number of carbonyl (C=O) groups excluding carboxylic acids is 2. The molecule has 0 bridgehead atoms. The standard InChI is InChI=1S/C17H25N3O5S/c1-4-18-16(21)9-19-17(22)14-5-7-15(8-6-14)26(23,24)20-10-12(2)25-13(3)11-20/h5-8,12-13H,4,9-11H2,1-3H3,(H,18,21)(H,19,22)/t12-,13-/m0/s1. The van der Waals surface area contributed by atoms with E-state index in [0.29, 0.717) is 19.6 Å². The molecule has 144 valence electrons. The number of amides is 2. The lowest BCUT2D eigenvalue weighted by atomic mass is 10.2. The van der Waals surface area contributed by atoms with Crippen molar-refractivity contribution in [2.45, 2.75) is 37.9 Å². The molecule has 1 aliphatic heterocycles. The third-order valence-electron chi connectivity index (χ3n) is 3.92. The van der Waals surface area contributed by atoms with Crippen LogP contribution in [0, 0.1) is 0 Å². The van der Waals surface area contributed by atoms with Gasteiger partial charge in [-0.05, 0) is 45.0 Å². The van der Waals surface area contributed by atoms with E-state index in [0.717, 1.165) is 0 Å². The summed E-state index contributed by atoms with van der Waals surface area (Å²) in [6.45, 7) is 6.40. The van der Waals surface area contributed by atoms with E-state index >= 15 is 0 Å². The van der Waals surface area contributed by atoms with Gasteiger partial charge in [0.2, 0.25) is 15.9 Å². The normalized spacial score (nSPS) is 21.2. The predicted molar refractivity (Wildman–Crippen MR) is 96.2 cm³/mol. The lowest BCUT2D eigenvalue weighted by molar-refractivity contribution is -0.120. The molecule has 0 spiro atoms. The molecule has 2 N–H and O–H groups in total. The highest BCUT2D eigenvalue weighted by Crippen LogP contribution is 2.21. The zero-order chi connectivity index (χ0) is 19.3. The van der Waals surface area contributed by atoms with Crippen molar-refractivity contribution in [1.29, 1.82) is 0 Å². The van der Waals surface area contributed by atoms with Crippen LogP contribution in [0.5, 0.6) is 0 Å². The first kappa shape index (κ1) is 20.3. The molecule has 2 rings (SSSR count). The van der Waals surface area contributed by atoms with Crippen LogP contribution in [0.2, 0.25) is 0 Å². The topological polar surface area (TPSA) is 105 Å². The second-order valence-corrected chi connectivity index (χ2v) is 8.18. The van der Waals surface area contributed by atoms with Crippen LogP contribution in [0.15, 0.2) is 29.2 Å². The molecular weight excluding hydrogens is 358 g/mol. The molecule has 9 heteroatoms. The lowest BCUT2D eigenvalue weighted by Crippen LogP contribution is -2.48. The summed E-state index contributed by atoms with van der Waals surface area (Å²) in [5.41, 5.74) is 0.289. The molecule has 0 unspecified atom stereocenters. The molecule has 26 heavy (non-hydrogen) atoms. The second kappa shape index (κ2) is 8.61. The van der Waals surface area contributed by atoms with Crippen LogP contribution in [0.25, 0.3) is 0 Å². The van der Waals surface area contributed by atoms with Crippen molar-refractivity contribution in [2.24, 2.45) is 0 Å². The molecule has 0 aromatic heterocycles. The molecular formula is C17H25N3O5S. The van der Waals surface area contributed by atoms with Crippen LogP contribution in [-0.2, 0) is 19.6 Å². The molecule has 1 aromatic carbocycles. The summed E-state index contributed by atoms with van der Waals surface area (Å²) in [4.78, 5) is 23.5. The number of morpholine rings is 1. The van der Waals surface area contributed by atoms with Crippen LogP contribution in [-0.4, -0.2) is 62.9 Å². The summed E-state index contributed by atoms with van der Waals surface area (Å²) in [6, 6.07) is 5.68. The largest absolute Gasteiger partial charge is 0.373 e. The fourth-order valence-corrected chi connectivity index (χ4v) is 4.37. The van der Waals surface area contributed by atoms with Gasteiger partial charge in [0.1, 0.15) is 0 Å². The molecule has 1 fully saturated rings. The summed E-state index contributed by atoms with van der Waals surface area (Å²) in [5.74, 6) is -0.718. The zero-order valence-corrected chi connectivity index (χ0v) is 16.0. The minimum atomic E-state index is -3.65. The fourth-order valence-electron chi connectivity index (χ4n) is 2.78. The Hall–Kier alpha value is -1.97. The zero-order valence-electron chi connectivity index (χ0n) is 15.2. The quantitative estimate of drug-likeness (QED) is 0.738. The average molecular weight is 383 g/mol. The Morgan fingerprint density at radius 2 is 1.69 bits per heavy atom. The minimum Gasteiger partial charge on any atom is -0.373 e. The van der Waals surface area contributed by atoms with E-state index in [-0.39, 0.29) is 35.1 Å². The molecule has 0 aliphatic carbocycles. The number of nitrogens with one attached hydrogen (secondary N) is 2. The van der Waals surface area contributed by atoms with E-state index in [1.807, 2.05) is 13.8 Å². The number of carbonyl (C=O) groups is 2. The first-order valence-corrected chi connectivity index (χ1v) is 9.98. The Morgan fingerprint density at radius 3 is 2.23 bits per heavy atom. The van der Waals surface area contributed by atoms with Gasteiger partial charge in [-0.2, -0.15) is 4.31 Å². The van der Waals surface area contributed by atoms with Crippen LogP contribution in [0.3, 0.4) is 0 Å². The van der Waals surface area contributed by atoms with Crippen LogP contribution in [0.1, 0.15) is 31.1 Å². The van der Waals surface area contributed by atoms with Gasteiger partial charge in [0.15, 0.2) is 0 Å². The number of benzene rings is 1. The minimum absolute atomic E-state index is 0.124. The maximum Gasteiger partial charge on any atom is 0.251 e. The Morgan fingerprint density at radius 1 is 1.12 bits per heavy atom. The first-order valence-electron chi connectivity index (χ1n) is 8.54. The van der Waals surface area contributed by atoms with Crippen molar-refractivity contribution in [3.8, 4) is 0 Å². The maximum atomic E-state index is 12.8. The highest BCUT2D eigenvalue weighted by molar-refractivity contribution is 7.89. The van der Waals surface area contributed by atoms with E-state index in [4.69, 9.17) is 4.74 Å². The van der Waals surface area contributed by atoms with Crippen molar-refractivity contribution >= 4 is 21.8 Å². The Kier molecular flexibility index (Phi) is 6.74. The molecule has 1 aromatic rings. The number of rotatable bonds is 6. The van der Waals surface area contributed by atoms with E-state index in [2.05, 4.69) is 10.6 Å². The Labute approximate surface area is 153 Å². The monoisotopic (exact) mass is 383 g/mol. The van der Waals surface area contributed by atoms with Crippen LogP contribution >= 0.6 is 0 Å². The smallest absolute Gasteiger partial charge is 0.251 e. The number of nitrogens with zero attached hydrogens (tertiary/aromatic N) is 1. The molecule has 1 saturated heterocycles. The summed E-state index contributed by atoms with van der Waals surface area (Å²) in [6.07, 6.45) is -0.347. The highest BCUT2D eigenvalue weighted by Gasteiger charge is 2.32. The fraction of sp³-hybridized carbons (Fsp3) is 0.529. The van der Waals surface area contributed by atoms with E-state index in [1.165, 1.54) is 28.6 Å². The molecule has 0 saturated carbocycles. The van der Waals surface area contributed by atoms with Gasteiger partial charge in [0.05, 0.1) is 23.6 Å². The van der Waals surface area contributed by atoms with Gasteiger partial charge in [0, 0.05) is 25.2 Å². The van der Waals surface area contributed by atoms with Crippen LogP contribution < -0.4 is 10.6 Å². The molecule has 8 nitrogen and oxygen atoms in total. The van der Waals surface area contributed by atoms with Crippen molar-refractivity contribution in [2.75, 3.05) is 26.2 Å². The number of hydrogen-bond acceptors (Lipinski definition) is 5. The van der Waals surface area contributed by atoms with Gasteiger partial charge in [0.25, 0.3) is 5.91 Å². The third kappa shape index (κ3) is 5.03. The maximum absolute atomic E-state index is 12.8. The van der Waals surface area contributed by atoms with Gasteiger partial charge >= 0.3 is 0 Å².